The number of rotatable bonds is 3. The molecule has 5 N–H and O–H groups in total. The molecule has 0 aromatic carbocycles. The normalized spacial score (nSPS) is 21.2. The van der Waals surface area contributed by atoms with Crippen molar-refractivity contribution < 1.29 is 0 Å². The van der Waals surface area contributed by atoms with Gasteiger partial charge in [0.25, 0.3) is 0 Å². The number of nitrogens with one attached hydrogen (secondary N) is 1. The van der Waals surface area contributed by atoms with Gasteiger partial charge < -0.3 is 16.8 Å². The molecule has 0 radical (unpaired) electrons. The molecule has 0 aromatic heterocycles. The SMILES string of the molecule is CCC(N)(N)CN1CCNCC1. The van der Waals surface area contributed by atoms with Crippen LogP contribution in [0.25, 0.3) is 0 Å². The average molecular weight is 172 g/mol. The van der Waals surface area contributed by atoms with Gasteiger partial charge in [-0.2, -0.15) is 0 Å². The molecule has 1 aliphatic rings. The van der Waals surface area contributed by atoms with E-state index < -0.39 is 5.66 Å². The van der Waals surface area contributed by atoms with Gasteiger partial charge in [0.05, 0.1) is 5.66 Å². The molecule has 1 saturated heterocycles. The highest BCUT2D eigenvalue weighted by atomic mass is 15.2. The second kappa shape index (κ2) is 4.18. The first-order valence-electron chi connectivity index (χ1n) is 4.65. The molecule has 1 rings (SSSR count). The van der Waals surface area contributed by atoms with Gasteiger partial charge in [0.1, 0.15) is 0 Å². The smallest absolute Gasteiger partial charge is 0.0764 e. The summed E-state index contributed by atoms with van der Waals surface area (Å²) in [6.07, 6.45) is 0.830. The Balaban J connectivity index is 2.28. The van der Waals surface area contributed by atoms with Crippen LogP contribution in [-0.2, 0) is 0 Å². The van der Waals surface area contributed by atoms with Gasteiger partial charge in [-0.15, -0.1) is 0 Å². The summed E-state index contributed by atoms with van der Waals surface area (Å²) in [6, 6.07) is 0. The molecule has 72 valence electrons. The monoisotopic (exact) mass is 172 g/mol. The lowest BCUT2D eigenvalue weighted by Crippen LogP contribution is -2.59. The Labute approximate surface area is 74.3 Å². The maximum absolute atomic E-state index is 5.86. The van der Waals surface area contributed by atoms with Crippen LogP contribution in [0.15, 0.2) is 0 Å². The van der Waals surface area contributed by atoms with Crippen LogP contribution in [0.3, 0.4) is 0 Å². The van der Waals surface area contributed by atoms with E-state index in [2.05, 4.69) is 10.2 Å². The van der Waals surface area contributed by atoms with Gasteiger partial charge in [-0.25, -0.2) is 0 Å². The lowest BCUT2D eigenvalue weighted by atomic mass is 10.1. The summed E-state index contributed by atoms with van der Waals surface area (Å²) in [6.45, 7) is 7.08. The van der Waals surface area contributed by atoms with Crippen LogP contribution in [0.1, 0.15) is 13.3 Å². The van der Waals surface area contributed by atoms with Gasteiger partial charge in [0, 0.05) is 32.7 Å². The zero-order valence-corrected chi connectivity index (χ0v) is 7.84. The molecule has 1 heterocycles. The predicted molar refractivity (Wildman–Crippen MR) is 50.7 cm³/mol. The van der Waals surface area contributed by atoms with E-state index in [4.69, 9.17) is 11.5 Å². The molecule has 0 amide bonds. The van der Waals surface area contributed by atoms with Crippen molar-refractivity contribution in [1.82, 2.24) is 10.2 Å². The van der Waals surface area contributed by atoms with E-state index in [0.29, 0.717) is 0 Å². The Bertz CT molecular complexity index is 129. The van der Waals surface area contributed by atoms with Crippen molar-refractivity contribution in [3.8, 4) is 0 Å². The average Bonchev–Trinajstić information content (AvgIpc) is 2.06. The molecule has 0 saturated carbocycles. The Hall–Kier alpha value is -0.160. The minimum atomic E-state index is -0.503. The summed E-state index contributed by atoms with van der Waals surface area (Å²) in [7, 11) is 0. The quantitative estimate of drug-likeness (QED) is 0.474. The Morgan fingerprint density at radius 1 is 1.33 bits per heavy atom. The first-order valence-corrected chi connectivity index (χ1v) is 4.65. The number of nitrogens with two attached hydrogens (primary N) is 2. The van der Waals surface area contributed by atoms with Crippen molar-refractivity contribution in [2.45, 2.75) is 19.0 Å². The van der Waals surface area contributed by atoms with Gasteiger partial charge in [-0.3, -0.25) is 4.90 Å². The lowest BCUT2D eigenvalue weighted by Gasteiger charge is -2.34. The topological polar surface area (TPSA) is 67.3 Å². The summed E-state index contributed by atoms with van der Waals surface area (Å²) in [4.78, 5) is 2.32. The maximum atomic E-state index is 5.86. The highest BCUT2D eigenvalue weighted by molar-refractivity contribution is 4.81. The largest absolute Gasteiger partial charge is 0.314 e. The minimum absolute atomic E-state index is 0.503. The van der Waals surface area contributed by atoms with Gasteiger partial charge in [-0.05, 0) is 6.42 Å². The molecule has 12 heavy (non-hydrogen) atoms. The van der Waals surface area contributed by atoms with Crippen molar-refractivity contribution in [2.75, 3.05) is 32.7 Å². The minimum Gasteiger partial charge on any atom is -0.314 e. The molecule has 0 aliphatic carbocycles. The fourth-order valence-electron chi connectivity index (χ4n) is 1.40. The Morgan fingerprint density at radius 2 is 1.92 bits per heavy atom. The second-order valence-corrected chi connectivity index (χ2v) is 3.61. The Morgan fingerprint density at radius 3 is 2.42 bits per heavy atom. The fourth-order valence-corrected chi connectivity index (χ4v) is 1.40. The number of piperazine rings is 1. The molecular weight excluding hydrogens is 152 g/mol. The van der Waals surface area contributed by atoms with Crippen LogP contribution < -0.4 is 16.8 Å². The van der Waals surface area contributed by atoms with E-state index in [9.17, 15) is 0 Å². The van der Waals surface area contributed by atoms with Crippen LogP contribution >= 0.6 is 0 Å². The summed E-state index contributed by atoms with van der Waals surface area (Å²) in [5.41, 5.74) is 11.2. The zero-order valence-electron chi connectivity index (χ0n) is 7.84. The highest BCUT2D eigenvalue weighted by Gasteiger charge is 2.21. The second-order valence-electron chi connectivity index (χ2n) is 3.61. The van der Waals surface area contributed by atoms with E-state index in [1.807, 2.05) is 6.92 Å². The predicted octanol–water partition coefficient (Wildman–Crippen LogP) is -1.08. The van der Waals surface area contributed by atoms with Crippen molar-refractivity contribution in [1.29, 1.82) is 0 Å². The first-order chi connectivity index (χ1) is 5.64. The van der Waals surface area contributed by atoms with E-state index in [0.717, 1.165) is 39.1 Å². The highest BCUT2D eigenvalue weighted by Crippen LogP contribution is 2.02. The van der Waals surface area contributed by atoms with E-state index in [1.54, 1.807) is 0 Å². The molecule has 0 bridgehead atoms. The van der Waals surface area contributed by atoms with E-state index in [-0.39, 0.29) is 0 Å². The lowest BCUT2D eigenvalue weighted by molar-refractivity contribution is 0.186. The van der Waals surface area contributed by atoms with Gasteiger partial charge in [0.2, 0.25) is 0 Å². The van der Waals surface area contributed by atoms with Crippen LogP contribution in [0.4, 0.5) is 0 Å². The third-order valence-electron chi connectivity index (χ3n) is 2.39. The van der Waals surface area contributed by atoms with Crippen LogP contribution in [0, 0.1) is 0 Å². The van der Waals surface area contributed by atoms with Crippen LogP contribution in [0.2, 0.25) is 0 Å². The van der Waals surface area contributed by atoms with Crippen molar-refractivity contribution in [3.63, 3.8) is 0 Å². The number of hydrogen-bond donors (Lipinski definition) is 3. The standard InChI is InChI=1S/C8H20N4/c1-2-8(9,10)7-12-5-3-11-4-6-12/h11H,2-7,9-10H2,1H3. The number of hydrogen-bond acceptors (Lipinski definition) is 4. The fraction of sp³-hybridized carbons (Fsp3) is 1.00. The van der Waals surface area contributed by atoms with E-state index in [1.165, 1.54) is 0 Å². The Kier molecular flexibility index (Phi) is 3.46. The van der Waals surface area contributed by atoms with E-state index >= 15 is 0 Å². The maximum Gasteiger partial charge on any atom is 0.0764 e. The molecule has 1 fully saturated rings. The summed E-state index contributed by atoms with van der Waals surface area (Å²) in [5, 5.41) is 3.30. The summed E-state index contributed by atoms with van der Waals surface area (Å²) >= 11 is 0. The molecule has 0 aromatic rings. The molecule has 4 nitrogen and oxygen atoms in total. The van der Waals surface area contributed by atoms with Crippen LogP contribution in [0.5, 0.6) is 0 Å². The summed E-state index contributed by atoms with van der Waals surface area (Å²) < 4.78 is 0. The molecule has 0 unspecified atom stereocenters. The van der Waals surface area contributed by atoms with Crippen molar-refractivity contribution in [3.05, 3.63) is 0 Å². The van der Waals surface area contributed by atoms with Crippen molar-refractivity contribution in [2.24, 2.45) is 11.5 Å². The molecule has 4 heteroatoms. The van der Waals surface area contributed by atoms with Gasteiger partial charge in [0.15, 0.2) is 0 Å². The third kappa shape index (κ3) is 3.06. The number of nitrogens with zero attached hydrogens (tertiary/aromatic N) is 1. The first kappa shape index (κ1) is 9.92. The van der Waals surface area contributed by atoms with Gasteiger partial charge >= 0.3 is 0 Å². The van der Waals surface area contributed by atoms with Crippen LogP contribution in [-0.4, -0.2) is 43.3 Å². The molecule has 0 spiro atoms. The van der Waals surface area contributed by atoms with Gasteiger partial charge in [-0.1, -0.05) is 6.92 Å². The molecule has 0 atom stereocenters. The molecular formula is C8H20N4. The summed E-state index contributed by atoms with van der Waals surface area (Å²) in [5.74, 6) is 0. The zero-order chi connectivity index (χ0) is 9.03. The van der Waals surface area contributed by atoms with Crippen molar-refractivity contribution >= 4 is 0 Å². The molecule has 1 aliphatic heterocycles. The third-order valence-corrected chi connectivity index (χ3v) is 2.39.